The number of hydrogen-bond donors (Lipinski definition) is 1. The fraction of sp³-hybridized carbons (Fsp3) is 0.200. The van der Waals surface area contributed by atoms with Gasteiger partial charge in [-0.05, 0) is 43.2 Å². The van der Waals surface area contributed by atoms with Crippen LogP contribution in [0.4, 0.5) is 5.82 Å². The van der Waals surface area contributed by atoms with E-state index in [2.05, 4.69) is 10.3 Å². The van der Waals surface area contributed by atoms with Crippen LogP contribution in [-0.2, 0) is 4.79 Å². The van der Waals surface area contributed by atoms with Gasteiger partial charge in [0.1, 0.15) is 11.6 Å². The fourth-order valence-electron chi connectivity index (χ4n) is 1.66. The number of amides is 1. The van der Waals surface area contributed by atoms with E-state index in [4.69, 9.17) is 16.3 Å². The number of aryl methyl sites for hydroxylation is 2. The Morgan fingerprint density at radius 2 is 2.10 bits per heavy atom. The standard InChI is InChI=1S/C15H15ClN2O2/c1-10-3-4-11(2)13(7-10)20-9-15(19)18-14-8-12(16)5-6-17-14/h3-8H,9H2,1-2H3,(H,17,18,19). The Balaban J connectivity index is 1.94. The molecule has 2 aromatic rings. The number of halogens is 1. The van der Waals surface area contributed by atoms with Gasteiger partial charge in [-0.3, -0.25) is 4.79 Å². The lowest BCUT2D eigenvalue weighted by molar-refractivity contribution is -0.118. The van der Waals surface area contributed by atoms with Crippen LogP contribution >= 0.6 is 11.6 Å². The van der Waals surface area contributed by atoms with Gasteiger partial charge in [-0.2, -0.15) is 0 Å². The zero-order valence-electron chi connectivity index (χ0n) is 11.3. The number of nitrogens with zero attached hydrogens (tertiary/aromatic N) is 1. The molecule has 1 heterocycles. The molecular formula is C15H15ClN2O2. The molecule has 1 amide bonds. The molecule has 0 fully saturated rings. The molecule has 20 heavy (non-hydrogen) atoms. The second-order valence-corrected chi connectivity index (χ2v) is 4.90. The number of anilines is 1. The van der Waals surface area contributed by atoms with Crippen LogP contribution in [0.3, 0.4) is 0 Å². The summed E-state index contributed by atoms with van der Waals surface area (Å²) in [6.07, 6.45) is 1.53. The van der Waals surface area contributed by atoms with Gasteiger partial charge >= 0.3 is 0 Å². The molecule has 1 aromatic carbocycles. The molecule has 0 atom stereocenters. The Labute approximate surface area is 122 Å². The Hall–Kier alpha value is -2.07. The summed E-state index contributed by atoms with van der Waals surface area (Å²) < 4.78 is 5.51. The van der Waals surface area contributed by atoms with Crippen molar-refractivity contribution >= 4 is 23.3 Å². The molecular weight excluding hydrogens is 276 g/mol. The van der Waals surface area contributed by atoms with Crippen LogP contribution in [0.2, 0.25) is 5.02 Å². The lowest BCUT2D eigenvalue weighted by Gasteiger charge is -2.10. The van der Waals surface area contributed by atoms with Gasteiger partial charge in [-0.15, -0.1) is 0 Å². The van der Waals surface area contributed by atoms with Crippen molar-refractivity contribution in [3.8, 4) is 5.75 Å². The van der Waals surface area contributed by atoms with E-state index in [-0.39, 0.29) is 12.5 Å². The highest BCUT2D eigenvalue weighted by atomic mass is 35.5. The maximum Gasteiger partial charge on any atom is 0.263 e. The molecule has 0 radical (unpaired) electrons. The number of carbonyl (C=O) groups excluding carboxylic acids is 1. The fourth-order valence-corrected chi connectivity index (χ4v) is 1.82. The summed E-state index contributed by atoms with van der Waals surface area (Å²) >= 11 is 5.82. The van der Waals surface area contributed by atoms with Gasteiger partial charge in [-0.25, -0.2) is 4.98 Å². The number of carbonyl (C=O) groups is 1. The largest absolute Gasteiger partial charge is 0.483 e. The Kier molecular flexibility index (Phi) is 4.58. The van der Waals surface area contributed by atoms with E-state index in [1.807, 2.05) is 32.0 Å². The monoisotopic (exact) mass is 290 g/mol. The minimum absolute atomic E-state index is 0.0709. The summed E-state index contributed by atoms with van der Waals surface area (Å²) in [6.45, 7) is 3.84. The highest BCUT2D eigenvalue weighted by Gasteiger charge is 2.06. The molecule has 0 saturated heterocycles. The summed E-state index contributed by atoms with van der Waals surface area (Å²) in [7, 11) is 0. The Morgan fingerprint density at radius 1 is 1.30 bits per heavy atom. The first-order valence-corrected chi connectivity index (χ1v) is 6.54. The van der Waals surface area contributed by atoms with Crippen molar-refractivity contribution in [1.82, 2.24) is 4.98 Å². The summed E-state index contributed by atoms with van der Waals surface area (Å²) in [4.78, 5) is 15.8. The zero-order chi connectivity index (χ0) is 14.5. The lowest BCUT2D eigenvalue weighted by Crippen LogP contribution is -2.21. The number of rotatable bonds is 4. The van der Waals surface area contributed by atoms with Crippen molar-refractivity contribution in [1.29, 1.82) is 0 Å². The highest BCUT2D eigenvalue weighted by molar-refractivity contribution is 6.30. The summed E-state index contributed by atoms with van der Waals surface area (Å²) in [5.41, 5.74) is 2.08. The Bertz CT molecular complexity index is 629. The average molecular weight is 291 g/mol. The maximum absolute atomic E-state index is 11.8. The van der Waals surface area contributed by atoms with Crippen molar-refractivity contribution in [3.05, 3.63) is 52.7 Å². The molecule has 2 rings (SSSR count). The van der Waals surface area contributed by atoms with E-state index in [0.29, 0.717) is 16.6 Å². The summed E-state index contributed by atoms with van der Waals surface area (Å²) in [6, 6.07) is 9.08. The van der Waals surface area contributed by atoms with Crippen molar-refractivity contribution in [2.75, 3.05) is 11.9 Å². The minimum atomic E-state index is -0.277. The topological polar surface area (TPSA) is 51.2 Å². The predicted octanol–water partition coefficient (Wildman–Crippen LogP) is 3.37. The molecule has 0 aliphatic rings. The van der Waals surface area contributed by atoms with Crippen LogP contribution in [0.1, 0.15) is 11.1 Å². The second kappa shape index (κ2) is 6.39. The first-order chi connectivity index (χ1) is 9.54. The van der Waals surface area contributed by atoms with Gasteiger partial charge < -0.3 is 10.1 Å². The number of hydrogen-bond acceptors (Lipinski definition) is 3. The number of nitrogens with one attached hydrogen (secondary N) is 1. The normalized spacial score (nSPS) is 10.2. The quantitative estimate of drug-likeness (QED) is 0.939. The SMILES string of the molecule is Cc1ccc(C)c(OCC(=O)Nc2cc(Cl)ccn2)c1. The third kappa shape index (κ3) is 3.96. The second-order valence-electron chi connectivity index (χ2n) is 4.47. The predicted molar refractivity (Wildman–Crippen MR) is 79.3 cm³/mol. The average Bonchev–Trinajstić information content (AvgIpc) is 2.40. The smallest absolute Gasteiger partial charge is 0.263 e. The van der Waals surface area contributed by atoms with Gasteiger partial charge in [-0.1, -0.05) is 23.7 Å². The number of ether oxygens (including phenoxy) is 1. The third-order valence-electron chi connectivity index (χ3n) is 2.69. The van der Waals surface area contributed by atoms with E-state index in [1.54, 1.807) is 12.1 Å². The van der Waals surface area contributed by atoms with Crippen LogP contribution in [0, 0.1) is 13.8 Å². The summed E-state index contributed by atoms with van der Waals surface area (Å²) in [5, 5.41) is 3.15. The van der Waals surface area contributed by atoms with E-state index in [9.17, 15) is 4.79 Å². The molecule has 104 valence electrons. The van der Waals surface area contributed by atoms with E-state index < -0.39 is 0 Å². The number of benzene rings is 1. The Morgan fingerprint density at radius 3 is 2.85 bits per heavy atom. The van der Waals surface area contributed by atoms with Crippen molar-refractivity contribution in [3.63, 3.8) is 0 Å². The van der Waals surface area contributed by atoms with Gasteiger partial charge in [0.05, 0.1) is 0 Å². The highest BCUT2D eigenvalue weighted by Crippen LogP contribution is 2.19. The van der Waals surface area contributed by atoms with Crippen LogP contribution in [0.15, 0.2) is 36.5 Å². The van der Waals surface area contributed by atoms with Crippen molar-refractivity contribution in [2.24, 2.45) is 0 Å². The molecule has 0 saturated carbocycles. The molecule has 4 nitrogen and oxygen atoms in total. The van der Waals surface area contributed by atoms with Crippen LogP contribution in [-0.4, -0.2) is 17.5 Å². The van der Waals surface area contributed by atoms with E-state index in [1.165, 1.54) is 6.20 Å². The molecule has 1 aromatic heterocycles. The van der Waals surface area contributed by atoms with Gasteiger partial charge in [0, 0.05) is 11.2 Å². The number of aromatic nitrogens is 1. The lowest BCUT2D eigenvalue weighted by atomic mass is 10.1. The molecule has 0 aliphatic carbocycles. The van der Waals surface area contributed by atoms with Gasteiger partial charge in [0.15, 0.2) is 6.61 Å². The molecule has 0 unspecified atom stereocenters. The number of pyridine rings is 1. The maximum atomic E-state index is 11.8. The first kappa shape index (κ1) is 14.3. The van der Waals surface area contributed by atoms with Crippen LogP contribution in [0.5, 0.6) is 5.75 Å². The van der Waals surface area contributed by atoms with Crippen LogP contribution < -0.4 is 10.1 Å². The molecule has 0 spiro atoms. The molecule has 1 N–H and O–H groups in total. The van der Waals surface area contributed by atoms with Gasteiger partial charge in [0.25, 0.3) is 5.91 Å². The van der Waals surface area contributed by atoms with Crippen molar-refractivity contribution < 1.29 is 9.53 Å². The molecule has 5 heteroatoms. The minimum Gasteiger partial charge on any atom is -0.483 e. The zero-order valence-corrected chi connectivity index (χ0v) is 12.1. The molecule has 0 aliphatic heterocycles. The third-order valence-corrected chi connectivity index (χ3v) is 2.93. The first-order valence-electron chi connectivity index (χ1n) is 6.16. The van der Waals surface area contributed by atoms with E-state index >= 15 is 0 Å². The van der Waals surface area contributed by atoms with Gasteiger partial charge in [0.2, 0.25) is 0 Å². The van der Waals surface area contributed by atoms with Crippen LogP contribution in [0.25, 0.3) is 0 Å². The van der Waals surface area contributed by atoms with Crippen molar-refractivity contribution in [2.45, 2.75) is 13.8 Å². The van der Waals surface area contributed by atoms with E-state index in [0.717, 1.165) is 11.1 Å². The molecule has 0 bridgehead atoms. The summed E-state index contributed by atoms with van der Waals surface area (Å²) in [5.74, 6) is 0.840.